The van der Waals surface area contributed by atoms with Crippen molar-refractivity contribution in [1.29, 1.82) is 0 Å². The fraction of sp³-hybridized carbons (Fsp3) is 0.583. The number of anilines is 1. The van der Waals surface area contributed by atoms with E-state index in [4.69, 9.17) is 0 Å². The summed E-state index contributed by atoms with van der Waals surface area (Å²) in [6.45, 7) is 6.68. The maximum atomic E-state index is 11.0. The Bertz CT molecular complexity index is 482. The second-order valence-corrected chi connectivity index (χ2v) is 3.87. The van der Waals surface area contributed by atoms with Crippen LogP contribution in [0, 0.1) is 28.9 Å². The van der Waals surface area contributed by atoms with Gasteiger partial charge in [0.25, 0.3) is 0 Å². The van der Waals surface area contributed by atoms with Crippen LogP contribution >= 0.6 is 0 Å². The van der Waals surface area contributed by atoms with Crippen molar-refractivity contribution in [2.45, 2.75) is 40.2 Å². The fourth-order valence-corrected chi connectivity index (χ4v) is 1.71. The molecule has 1 aromatic rings. The summed E-state index contributed by atoms with van der Waals surface area (Å²) >= 11 is 0. The van der Waals surface area contributed by atoms with Gasteiger partial charge in [-0.05, 0) is 20.3 Å². The van der Waals surface area contributed by atoms with Crippen molar-refractivity contribution in [3.05, 3.63) is 15.8 Å². The molecule has 0 fully saturated rings. The number of rotatable bonds is 6. The summed E-state index contributed by atoms with van der Waals surface area (Å²) in [5.74, 6) is 6.19. The molecule has 0 spiro atoms. The maximum Gasteiger partial charge on any atom is 0.333 e. The average Bonchev–Trinajstić information content (AvgIpc) is 2.62. The van der Waals surface area contributed by atoms with Gasteiger partial charge in [0.2, 0.25) is 5.82 Å². The van der Waals surface area contributed by atoms with Gasteiger partial charge in [0.1, 0.15) is 5.69 Å². The molecule has 0 aliphatic carbocycles. The third-order valence-electron chi connectivity index (χ3n) is 2.43. The van der Waals surface area contributed by atoms with E-state index in [0.717, 1.165) is 6.42 Å². The fourth-order valence-electron chi connectivity index (χ4n) is 1.71. The van der Waals surface area contributed by atoms with Gasteiger partial charge in [-0.1, -0.05) is 6.92 Å². The lowest BCUT2D eigenvalue weighted by atomic mass is 10.3. The Balaban J connectivity index is 2.95. The molecule has 18 heavy (non-hydrogen) atoms. The normalized spacial score (nSPS) is 9.72. The lowest BCUT2D eigenvalue weighted by molar-refractivity contribution is -0.384. The number of hydrogen-bond donors (Lipinski definition) is 1. The van der Waals surface area contributed by atoms with E-state index in [1.54, 1.807) is 18.5 Å². The van der Waals surface area contributed by atoms with E-state index in [2.05, 4.69) is 22.3 Å². The molecule has 6 nitrogen and oxygen atoms in total. The molecule has 0 aliphatic rings. The van der Waals surface area contributed by atoms with Crippen LogP contribution in [-0.4, -0.2) is 21.2 Å². The molecule has 6 heteroatoms. The first-order valence-corrected chi connectivity index (χ1v) is 5.97. The lowest BCUT2D eigenvalue weighted by Crippen LogP contribution is -2.10. The topological polar surface area (TPSA) is 73.0 Å². The van der Waals surface area contributed by atoms with Crippen LogP contribution in [0.4, 0.5) is 11.5 Å². The largest absolute Gasteiger partial charge is 0.364 e. The number of nitro groups is 1. The summed E-state index contributed by atoms with van der Waals surface area (Å²) in [5, 5.41) is 18.3. The van der Waals surface area contributed by atoms with Gasteiger partial charge in [-0.25, -0.2) is 4.68 Å². The molecular weight excluding hydrogens is 232 g/mol. The zero-order valence-corrected chi connectivity index (χ0v) is 11.0. The van der Waals surface area contributed by atoms with Crippen LogP contribution in [0.5, 0.6) is 0 Å². The number of aryl methyl sites for hydroxylation is 2. The molecule has 1 N–H and O–H groups in total. The van der Waals surface area contributed by atoms with Crippen molar-refractivity contribution in [3.63, 3.8) is 0 Å². The minimum Gasteiger partial charge on any atom is -0.364 e. The SMILES string of the molecule is CC#CCCNc1c([N+](=O)[O-])c(C)nn1CCC. The Labute approximate surface area is 107 Å². The third kappa shape index (κ3) is 3.23. The van der Waals surface area contributed by atoms with Gasteiger partial charge >= 0.3 is 5.69 Å². The van der Waals surface area contributed by atoms with Crippen molar-refractivity contribution in [3.8, 4) is 11.8 Å². The first-order valence-electron chi connectivity index (χ1n) is 5.97. The van der Waals surface area contributed by atoms with Crippen LogP contribution in [-0.2, 0) is 6.54 Å². The van der Waals surface area contributed by atoms with E-state index in [-0.39, 0.29) is 10.6 Å². The lowest BCUT2D eigenvalue weighted by Gasteiger charge is -2.06. The van der Waals surface area contributed by atoms with E-state index in [9.17, 15) is 10.1 Å². The molecule has 0 bridgehead atoms. The average molecular weight is 250 g/mol. The smallest absolute Gasteiger partial charge is 0.333 e. The highest BCUT2D eigenvalue weighted by Gasteiger charge is 2.24. The summed E-state index contributed by atoms with van der Waals surface area (Å²) in [5.41, 5.74) is 0.505. The molecule has 1 heterocycles. The molecular formula is C12H18N4O2. The van der Waals surface area contributed by atoms with Gasteiger partial charge in [0.05, 0.1) is 4.92 Å². The number of aromatic nitrogens is 2. The number of nitrogens with one attached hydrogen (secondary N) is 1. The number of hydrogen-bond acceptors (Lipinski definition) is 4. The first kappa shape index (κ1) is 14.0. The van der Waals surface area contributed by atoms with Crippen molar-refractivity contribution >= 4 is 11.5 Å². The quantitative estimate of drug-likeness (QED) is 0.364. The molecule has 98 valence electrons. The highest BCUT2D eigenvalue weighted by molar-refractivity contribution is 5.59. The van der Waals surface area contributed by atoms with Crippen molar-refractivity contribution in [2.24, 2.45) is 0 Å². The van der Waals surface area contributed by atoms with Gasteiger partial charge in [-0.2, -0.15) is 5.10 Å². The minimum atomic E-state index is -0.387. The predicted molar refractivity (Wildman–Crippen MR) is 70.5 cm³/mol. The Morgan fingerprint density at radius 3 is 2.83 bits per heavy atom. The van der Waals surface area contributed by atoms with Crippen LogP contribution < -0.4 is 5.32 Å². The number of nitrogens with zero attached hydrogens (tertiary/aromatic N) is 3. The van der Waals surface area contributed by atoms with Crippen LogP contribution in [0.2, 0.25) is 0 Å². The van der Waals surface area contributed by atoms with Gasteiger partial charge in [0.15, 0.2) is 0 Å². The first-order chi connectivity index (χ1) is 8.61. The van der Waals surface area contributed by atoms with Crippen LogP contribution in [0.1, 0.15) is 32.4 Å². The van der Waals surface area contributed by atoms with Crippen LogP contribution in [0.25, 0.3) is 0 Å². The molecule has 0 radical (unpaired) electrons. The standard InChI is InChI=1S/C12H18N4O2/c1-4-6-7-8-13-12-11(16(17)18)10(3)14-15(12)9-5-2/h13H,5,7-9H2,1-3H3. The van der Waals surface area contributed by atoms with Crippen molar-refractivity contribution in [1.82, 2.24) is 9.78 Å². The Morgan fingerprint density at radius 1 is 1.56 bits per heavy atom. The van der Waals surface area contributed by atoms with Gasteiger partial charge in [-0.15, -0.1) is 11.8 Å². The molecule has 0 amide bonds. The Kier molecular flexibility index (Phi) is 5.18. The zero-order chi connectivity index (χ0) is 13.5. The summed E-state index contributed by atoms with van der Waals surface area (Å²) in [7, 11) is 0. The van der Waals surface area contributed by atoms with Gasteiger partial charge in [0, 0.05) is 19.5 Å². The molecule has 0 aliphatic heterocycles. The van der Waals surface area contributed by atoms with Crippen molar-refractivity contribution in [2.75, 3.05) is 11.9 Å². The summed E-state index contributed by atoms with van der Waals surface area (Å²) in [4.78, 5) is 10.6. The third-order valence-corrected chi connectivity index (χ3v) is 2.43. The Morgan fingerprint density at radius 2 is 2.28 bits per heavy atom. The Hall–Kier alpha value is -2.03. The zero-order valence-electron chi connectivity index (χ0n) is 11.0. The van der Waals surface area contributed by atoms with Crippen LogP contribution in [0.15, 0.2) is 0 Å². The predicted octanol–water partition coefficient (Wildman–Crippen LogP) is 2.34. The molecule has 0 aromatic carbocycles. The summed E-state index contributed by atoms with van der Waals surface area (Å²) < 4.78 is 1.66. The highest BCUT2D eigenvalue weighted by atomic mass is 16.6. The summed E-state index contributed by atoms with van der Waals surface area (Å²) in [6.07, 6.45) is 1.53. The van der Waals surface area contributed by atoms with E-state index in [1.807, 2.05) is 6.92 Å². The highest BCUT2D eigenvalue weighted by Crippen LogP contribution is 2.28. The van der Waals surface area contributed by atoms with Crippen LogP contribution in [0.3, 0.4) is 0 Å². The molecule has 0 unspecified atom stereocenters. The van der Waals surface area contributed by atoms with E-state index < -0.39 is 0 Å². The second-order valence-electron chi connectivity index (χ2n) is 3.87. The minimum absolute atomic E-state index is 0.0629. The molecule has 0 saturated heterocycles. The molecule has 0 saturated carbocycles. The van der Waals surface area contributed by atoms with Gasteiger partial charge in [-0.3, -0.25) is 10.1 Å². The van der Waals surface area contributed by atoms with Gasteiger partial charge < -0.3 is 5.32 Å². The second kappa shape index (κ2) is 6.64. The van der Waals surface area contributed by atoms with E-state index in [1.165, 1.54) is 0 Å². The van der Waals surface area contributed by atoms with Crippen molar-refractivity contribution < 1.29 is 4.92 Å². The molecule has 0 atom stereocenters. The van der Waals surface area contributed by atoms with E-state index in [0.29, 0.717) is 31.0 Å². The van der Waals surface area contributed by atoms with E-state index >= 15 is 0 Å². The molecule has 1 rings (SSSR count). The summed E-state index contributed by atoms with van der Waals surface area (Å²) in [6, 6.07) is 0. The monoisotopic (exact) mass is 250 g/mol. The maximum absolute atomic E-state index is 11.0. The molecule has 1 aromatic heterocycles.